The molecule has 3 rings (SSSR count). The van der Waals surface area contributed by atoms with Gasteiger partial charge in [0.15, 0.2) is 5.78 Å². The summed E-state index contributed by atoms with van der Waals surface area (Å²) in [6.45, 7) is 2.97. The molecule has 1 fully saturated rings. The van der Waals surface area contributed by atoms with Crippen molar-refractivity contribution in [1.29, 1.82) is 0 Å². The highest BCUT2D eigenvalue weighted by atomic mass is 35.5. The van der Waals surface area contributed by atoms with E-state index in [0.717, 1.165) is 19.4 Å². The molecule has 2 unspecified atom stereocenters. The van der Waals surface area contributed by atoms with E-state index in [2.05, 4.69) is 17.6 Å². The molecule has 1 saturated heterocycles. The van der Waals surface area contributed by atoms with Crippen molar-refractivity contribution in [2.24, 2.45) is 0 Å². The third-order valence-electron chi connectivity index (χ3n) is 4.56. The van der Waals surface area contributed by atoms with Crippen molar-refractivity contribution >= 4 is 34.9 Å². The summed E-state index contributed by atoms with van der Waals surface area (Å²) >= 11 is 11.9. The number of hydrogen-bond donors (Lipinski definition) is 2. The van der Waals surface area contributed by atoms with E-state index in [0.29, 0.717) is 32.8 Å². The van der Waals surface area contributed by atoms with Crippen LogP contribution in [0.4, 0.5) is 0 Å². The highest BCUT2D eigenvalue weighted by molar-refractivity contribution is 6.42. The van der Waals surface area contributed by atoms with Crippen LogP contribution in [-0.4, -0.2) is 30.3 Å². The molecule has 2 atom stereocenters. The van der Waals surface area contributed by atoms with Gasteiger partial charge in [0.1, 0.15) is 0 Å². The summed E-state index contributed by atoms with van der Waals surface area (Å²) in [4.78, 5) is 25.7. The number of ketones is 1. The number of amides is 1. The van der Waals surface area contributed by atoms with Gasteiger partial charge in [-0.25, -0.2) is 0 Å². The Kier molecular flexibility index (Phi) is 5.97. The largest absolute Gasteiger partial charge is 0.349 e. The molecule has 2 N–H and O–H groups in total. The maximum absolute atomic E-state index is 12.9. The molecule has 2 aromatic rings. The number of carbonyl (C=O) groups is 2. The maximum Gasteiger partial charge on any atom is 0.252 e. The molecule has 1 aliphatic rings. The second kappa shape index (κ2) is 8.21. The molecule has 0 bridgehead atoms. The fourth-order valence-electron chi connectivity index (χ4n) is 3.20. The number of rotatable bonds is 4. The van der Waals surface area contributed by atoms with Crippen molar-refractivity contribution in [3.63, 3.8) is 0 Å². The second-order valence-electron chi connectivity index (χ2n) is 6.55. The van der Waals surface area contributed by atoms with E-state index < -0.39 is 0 Å². The van der Waals surface area contributed by atoms with E-state index in [1.165, 1.54) is 6.07 Å². The lowest BCUT2D eigenvalue weighted by molar-refractivity contribution is 0.0916. The predicted molar refractivity (Wildman–Crippen MR) is 104 cm³/mol. The lowest BCUT2D eigenvalue weighted by Gasteiger charge is -2.28. The average Bonchev–Trinajstić information content (AvgIpc) is 2.63. The summed E-state index contributed by atoms with van der Waals surface area (Å²) in [7, 11) is 0. The van der Waals surface area contributed by atoms with Crippen molar-refractivity contribution in [3.05, 3.63) is 69.2 Å². The van der Waals surface area contributed by atoms with Crippen LogP contribution in [0.3, 0.4) is 0 Å². The molecular formula is C20H20Cl2N2O2. The highest BCUT2D eigenvalue weighted by Gasteiger charge is 2.23. The van der Waals surface area contributed by atoms with Gasteiger partial charge in [0, 0.05) is 23.2 Å². The number of piperidine rings is 1. The lowest BCUT2D eigenvalue weighted by atomic mass is 9.96. The summed E-state index contributed by atoms with van der Waals surface area (Å²) in [6.07, 6.45) is 1.74. The van der Waals surface area contributed by atoms with Crippen molar-refractivity contribution < 1.29 is 9.59 Å². The van der Waals surface area contributed by atoms with Crippen LogP contribution in [0.15, 0.2) is 42.5 Å². The van der Waals surface area contributed by atoms with E-state index in [4.69, 9.17) is 23.2 Å². The summed E-state index contributed by atoms with van der Waals surface area (Å²) < 4.78 is 0. The van der Waals surface area contributed by atoms with Crippen molar-refractivity contribution in [1.82, 2.24) is 10.6 Å². The zero-order chi connectivity index (χ0) is 18.7. The van der Waals surface area contributed by atoms with Crippen LogP contribution in [0.25, 0.3) is 0 Å². The quantitative estimate of drug-likeness (QED) is 0.772. The zero-order valence-corrected chi connectivity index (χ0v) is 15.9. The number of carbonyl (C=O) groups excluding carboxylic acids is 2. The van der Waals surface area contributed by atoms with Crippen molar-refractivity contribution in [2.45, 2.75) is 31.8 Å². The molecular weight excluding hydrogens is 371 g/mol. The van der Waals surface area contributed by atoms with Gasteiger partial charge in [0.25, 0.3) is 5.91 Å². The van der Waals surface area contributed by atoms with Crippen LogP contribution < -0.4 is 10.6 Å². The minimum Gasteiger partial charge on any atom is -0.349 e. The third kappa shape index (κ3) is 4.26. The fourth-order valence-corrected chi connectivity index (χ4v) is 3.50. The first-order chi connectivity index (χ1) is 12.5. The van der Waals surface area contributed by atoms with Crippen LogP contribution in [-0.2, 0) is 0 Å². The maximum atomic E-state index is 12.9. The Hall–Kier alpha value is -1.88. The van der Waals surface area contributed by atoms with E-state index in [1.54, 1.807) is 36.4 Å². The van der Waals surface area contributed by atoms with E-state index >= 15 is 0 Å². The first kappa shape index (κ1) is 18.9. The van der Waals surface area contributed by atoms with Gasteiger partial charge in [0.05, 0.1) is 15.6 Å². The van der Waals surface area contributed by atoms with Crippen LogP contribution in [0.2, 0.25) is 10.0 Å². The lowest BCUT2D eigenvalue weighted by Crippen LogP contribution is -2.46. The van der Waals surface area contributed by atoms with Gasteiger partial charge in [-0.05, 0) is 50.6 Å². The van der Waals surface area contributed by atoms with Gasteiger partial charge in [-0.2, -0.15) is 0 Å². The van der Waals surface area contributed by atoms with E-state index in [-0.39, 0.29) is 17.7 Å². The van der Waals surface area contributed by atoms with Crippen LogP contribution in [0.5, 0.6) is 0 Å². The molecule has 26 heavy (non-hydrogen) atoms. The fraction of sp³-hybridized carbons (Fsp3) is 0.300. The second-order valence-corrected chi connectivity index (χ2v) is 7.37. The van der Waals surface area contributed by atoms with E-state index in [1.807, 2.05) is 0 Å². The Morgan fingerprint density at radius 3 is 2.50 bits per heavy atom. The molecule has 0 aromatic heterocycles. The van der Waals surface area contributed by atoms with Gasteiger partial charge in [-0.1, -0.05) is 41.4 Å². The topological polar surface area (TPSA) is 58.2 Å². The summed E-state index contributed by atoms with van der Waals surface area (Å²) in [5.41, 5.74) is 1.12. The molecule has 1 aliphatic heterocycles. The van der Waals surface area contributed by atoms with Crippen LogP contribution >= 0.6 is 23.2 Å². The molecule has 2 aromatic carbocycles. The number of hydrogen-bond acceptors (Lipinski definition) is 3. The Morgan fingerprint density at radius 2 is 1.81 bits per heavy atom. The van der Waals surface area contributed by atoms with Crippen molar-refractivity contribution in [3.8, 4) is 0 Å². The molecule has 6 heteroatoms. The van der Waals surface area contributed by atoms with Gasteiger partial charge in [-0.15, -0.1) is 0 Å². The van der Waals surface area contributed by atoms with Crippen molar-refractivity contribution in [2.75, 3.05) is 6.54 Å². The van der Waals surface area contributed by atoms with Gasteiger partial charge in [-0.3, -0.25) is 9.59 Å². The number of benzene rings is 2. The zero-order valence-electron chi connectivity index (χ0n) is 14.4. The first-order valence-corrected chi connectivity index (χ1v) is 9.34. The Labute approximate surface area is 162 Å². The molecule has 1 amide bonds. The number of halogens is 2. The highest BCUT2D eigenvalue weighted by Crippen LogP contribution is 2.25. The van der Waals surface area contributed by atoms with Crippen LogP contribution in [0, 0.1) is 0 Å². The van der Waals surface area contributed by atoms with Gasteiger partial charge >= 0.3 is 0 Å². The normalized spacial score (nSPS) is 19.8. The third-order valence-corrected chi connectivity index (χ3v) is 5.30. The summed E-state index contributed by atoms with van der Waals surface area (Å²) in [5.74, 6) is -0.485. The molecule has 0 saturated carbocycles. The predicted octanol–water partition coefficient (Wildman–Crippen LogP) is 4.09. The first-order valence-electron chi connectivity index (χ1n) is 8.58. The molecule has 0 spiro atoms. The molecule has 0 radical (unpaired) electrons. The van der Waals surface area contributed by atoms with E-state index in [9.17, 15) is 9.59 Å². The van der Waals surface area contributed by atoms with Crippen LogP contribution in [0.1, 0.15) is 46.0 Å². The smallest absolute Gasteiger partial charge is 0.252 e. The monoisotopic (exact) mass is 390 g/mol. The molecule has 1 heterocycles. The minimum absolute atomic E-state index is 0.104. The Balaban J connectivity index is 1.84. The average molecular weight is 391 g/mol. The summed E-state index contributed by atoms with van der Waals surface area (Å²) in [6, 6.07) is 12.0. The SMILES string of the molecule is CC1CC(NC(=O)c2ccccc2C(=O)c2ccc(Cl)c(Cl)c2)CCN1. The Morgan fingerprint density at radius 1 is 1.08 bits per heavy atom. The molecule has 136 valence electrons. The number of nitrogens with one attached hydrogen (secondary N) is 2. The van der Waals surface area contributed by atoms with Gasteiger partial charge in [0.2, 0.25) is 0 Å². The van der Waals surface area contributed by atoms with Gasteiger partial charge < -0.3 is 10.6 Å². The standard InChI is InChI=1S/C20H20Cl2N2O2/c1-12-10-14(8-9-23-12)24-20(26)16-5-3-2-4-15(16)19(25)13-6-7-17(21)18(22)11-13/h2-7,11-12,14,23H,8-10H2,1H3,(H,24,26). The Bertz CT molecular complexity index is 838. The minimum atomic E-state index is -0.256. The molecule has 4 nitrogen and oxygen atoms in total. The summed E-state index contributed by atoms with van der Waals surface area (Å²) in [5, 5.41) is 7.10. The molecule has 0 aliphatic carbocycles.